The summed E-state index contributed by atoms with van der Waals surface area (Å²) < 4.78 is 46.5. The molecule has 0 aliphatic carbocycles. The van der Waals surface area contributed by atoms with Crippen molar-refractivity contribution in [1.29, 1.82) is 0 Å². The second-order valence-electron chi connectivity index (χ2n) is 11.5. The van der Waals surface area contributed by atoms with E-state index in [0.717, 1.165) is 21.4 Å². The highest BCUT2D eigenvalue weighted by atomic mass is 19.4. The van der Waals surface area contributed by atoms with E-state index in [2.05, 4.69) is 27.0 Å². The van der Waals surface area contributed by atoms with Gasteiger partial charge in [0.1, 0.15) is 18.0 Å². The van der Waals surface area contributed by atoms with E-state index in [-0.39, 0.29) is 12.0 Å². The van der Waals surface area contributed by atoms with Crippen LogP contribution in [-0.4, -0.2) is 78.5 Å². The largest absolute Gasteiger partial charge is 0.444 e. The number of hydrogen-bond acceptors (Lipinski definition) is 7. The van der Waals surface area contributed by atoms with Crippen LogP contribution < -0.4 is 4.90 Å². The Balaban J connectivity index is 1.42. The first-order valence-electron chi connectivity index (χ1n) is 13.4. The number of carbonyl (C=O) groups excluding carboxylic acids is 1. The molecular formula is C28H33F3N8O2. The number of aromatic nitrogens is 6. The van der Waals surface area contributed by atoms with Gasteiger partial charge in [-0.05, 0) is 51.3 Å². The van der Waals surface area contributed by atoms with Crippen LogP contribution in [-0.2, 0) is 11.3 Å². The summed E-state index contributed by atoms with van der Waals surface area (Å²) >= 11 is 0. The SMILES string of the molecule is Cc1ccc(-n2ncc3cnc(-c4cnn(CC(F)(F)F)c4)cc32)nc1N1CCN(C(=O)OC(C)(C)C)C[C@H](C)C1. The minimum atomic E-state index is -4.37. The van der Waals surface area contributed by atoms with Crippen molar-refractivity contribution < 1.29 is 22.7 Å². The fourth-order valence-electron chi connectivity index (χ4n) is 4.89. The number of hydrogen-bond donors (Lipinski definition) is 0. The number of pyridine rings is 2. The van der Waals surface area contributed by atoms with Gasteiger partial charge in [0.05, 0.1) is 23.6 Å². The molecule has 0 saturated carbocycles. The second-order valence-corrected chi connectivity index (χ2v) is 11.5. The summed E-state index contributed by atoms with van der Waals surface area (Å²) in [6.45, 7) is 10.9. The Labute approximate surface area is 235 Å². The highest BCUT2D eigenvalue weighted by molar-refractivity contribution is 5.83. The smallest absolute Gasteiger partial charge is 0.410 e. The molecule has 41 heavy (non-hydrogen) atoms. The van der Waals surface area contributed by atoms with Gasteiger partial charge in [-0.25, -0.2) is 14.5 Å². The molecular weight excluding hydrogens is 537 g/mol. The van der Waals surface area contributed by atoms with E-state index >= 15 is 0 Å². The first-order valence-corrected chi connectivity index (χ1v) is 13.4. The molecule has 4 aromatic rings. The molecule has 13 heteroatoms. The first kappa shape index (κ1) is 28.4. The average molecular weight is 571 g/mol. The summed E-state index contributed by atoms with van der Waals surface area (Å²) in [5.41, 5.74) is 2.08. The predicted molar refractivity (Wildman–Crippen MR) is 148 cm³/mol. The molecule has 5 rings (SSSR count). The standard InChI is InChI=1S/C28H33F3N8O2/c1-18-14-36(8-9-37(15-18)26(40)41-27(3,4)5)25-19(2)6-7-24(35-25)39-23-10-22(32-11-20(23)12-34-39)21-13-33-38(16-21)17-28(29,30)31/h6-7,10-13,16,18H,8-9,14-15,17H2,1-5H3/t18-/m1/s1. The molecule has 0 spiro atoms. The number of ether oxygens (including phenoxy) is 1. The molecule has 0 bridgehead atoms. The minimum absolute atomic E-state index is 0.187. The predicted octanol–water partition coefficient (Wildman–Crippen LogP) is 5.24. The minimum Gasteiger partial charge on any atom is -0.444 e. The molecule has 1 amide bonds. The highest BCUT2D eigenvalue weighted by Crippen LogP contribution is 2.27. The van der Waals surface area contributed by atoms with Crippen LogP contribution in [0, 0.1) is 12.8 Å². The molecule has 4 aromatic heterocycles. The fraction of sp³-hybridized carbons (Fsp3) is 0.464. The van der Waals surface area contributed by atoms with E-state index < -0.39 is 18.3 Å². The molecule has 1 fully saturated rings. The van der Waals surface area contributed by atoms with Crippen molar-refractivity contribution in [1.82, 2.24) is 34.4 Å². The van der Waals surface area contributed by atoms with E-state index in [0.29, 0.717) is 48.8 Å². The number of alkyl halides is 3. The monoisotopic (exact) mass is 570 g/mol. The van der Waals surface area contributed by atoms with Crippen molar-refractivity contribution in [2.24, 2.45) is 5.92 Å². The van der Waals surface area contributed by atoms with Gasteiger partial charge >= 0.3 is 12.3 Å². The number of amides is 1. The molecule has 1 saturated heterocycles. The number of rotatable bonds is 4. The molecule has 5 heterocycles. The van der Waals surface area contributed by atoms with Gasteiger partial charge in [0.2, 0.25) is 0 Å². The Hall–Kier alpha value is -4.16. The quantitative estimate of drug-likeness (QED) is 0.331. The summed E-state index contributed by atoms with van der Waals surface area (Å²) in [6, 6.07) is 5.63. The summed E-state index contributed by atoms with van der Waals surface area (Å²) in [6.07, 6.45) is 1.31. The Kier molecular flexibility index (Phi) is 7.39. The molecule has 1 aliphatic rings. The molecule has 0 radical (unpaired) electrons. The van der Waals surface area contributed by atoms with Crippen molar-refractivity contribution in [2.75, 3.05) is 31.1 Å². The van der Waals surface area contributed by atoms with Gasteiger partial charge in [0.25, 0.3) is 0 Å². The summed E-state index contributed by atoms with van der Waals surface area (Å²) in [5, 5.41) is 9.12. The third-order valence-electron chi connectivity index (χ3n) is 6.65. The Morgan fingerprint density at radius 2 is 1.85 bits per heavy atom. The maximum Gasteiger partial charge on any atom is 0.410 e. The molecule has 1 aliphatic heterocycles. The van der Waals surface area contributed by atoms with Gasteiger partial charge in [-0.15, -0.1) is 0 Å². The van der Waals surface area contributed by atoms with Gasteiger partial charge in [-0.1, -0.05) is 13.0 Å². The second kappa shape index (κ2) is 10.7. The maximum atomic E-state index is 12.8. The number of carbonyl (C=O) groups is 1. The number of fused-ring (bicyclic) bond motifs is 1. The molecule has 0 N–H and O–H groups in total. The lowest BCUT2D eigenvalue weighted by molar-refractivity contribution is -0.142. The van der Waals surface area contributed by atoms with Crippen molar-refractivity contribution in [2.45, 2.75) is 52.9 Å². The lowest BCUT2D eigenvalue weighted by Gasteiger charge is -2.27. The average Bonchev–Trinajstić information content (AvgIpc) is 3.45. The Morgan fingerprint density at radius 1 is 1.07 bits per heavy atom. The van der Waals surface area contributed by atoms with Gasteiger partial charge < -0.3 is 14.5 Å². The van der Waals surface area contributed by atoms with Crippen LogP contribution in [0.15, 0.2) is 43.0 Å². The summed E-state index contributed by atoms with van der Waals surface area (Å²) in [7, 11) is 0. The van der Waals surface area contributed by atoms with E-state index in [9.17, 15) is 18.0 Å². The van der Waals surface area contributed by atoms with Crippen LogP contribution in [0.2, 0.25) is 0 Å². The summed E-state index contributed by atoms with van der Waals surface area (Å²) in [4.78, 5) is 26.1. The van der Waals surface area contributed by atoms with Crippen LogP contribution in [0.3, 0.4) is 0 Å². The third kappa shape index (κ3) is 6.60. The third-order valence-corrected chi connectivity index (χ3v) is 6.65. The zero-order chi connectivity index (χ0) is 29.5. The molecule has 0 unspecified atom stereocenters. The Morgan fingerprint density at radius 3 is 2.59 bits per heavy atom. The lowest BCUT2D eigenvalue weighted by atomic mass is 10.1. The van der Waals surface area contributed by atoms with Crippen LogP contribution in [0.4, 0.5) is 23.8 Å². The number of nitrogens with zero attached hydrogens (tertiary/aromatic N) is 8. The van der Waals surface area contributed by atoms with Gasteiger partial charge in [-0.2, -0.15) is 23.4 Å². The van der Waals surface area contributed by atoms with Crippen LogP contribution in [0.5, 0.6) is 0 Å². The topological polar surface area (TPSA) is 94.2 Å². The van der Waals surface area contributed by atoms with Crippen molar-refractivity contribution in [3.63, 3.8) is 0 Å². The number of anilines is 1. The summed E-state index contributed by atoms with van der Waals surface area (Å²) in [5.74, 6) is 1.57. The van der Waals surface area contributed by atoms with Gasteiger partial charge in [-0.3, -0.25) is 9.67 Å². The van der Waals surface area contributed by atoms with E-state index in [4.69, 9.17) is 9.72 Å². The molecule has 1 atom stereocenters. The van der Waals surface area contributed by atoms with Crippen molar-refractivity contribution >= 4 is 22.8 Å². The first-order chi connectivity index (χ1) is 19.3. The van der Waals surface area contributed by atoms with Crippen LogP contribution >= 0.6 is 0 Å². The molecule has 218 valence electrons. The fourth-order valence-corrected chi connectivity index (χ4v) is 4.89. The number of halogens is 3. The van der Waals surface area contributed by atoms with E-state index in [1.54, 1.807) is 28.0 Å². The maximum absolute atomic E-state index is 12.8. The van der Waals surface area contributed by atoms with Crippen molar-refractivity contribution in [3.8, 4) is 17.1 Å². The van der Waals surface area contributed by atoms with E-state index in [1.807, 2.05) is 39.8 Å². The molecule has 10 nitrogen and oxygen atoms in total. The highest BCUT2D eigenvalue weighted by Gasteiger charge is 2.29. The molecule has 0 aromatic carbocycles. The van der Waals surface area contributed by atoms with Gasteiger partial charge in [0, 0.05) is 49.5 Å². The van der Waals surface area contributed by atoms with Crippen LogP contribution in [0.25, 0.3) is 28.0 Å². The van der Waals surface area contributed by atoms with Crippen LogP contribution in [0.1, 0.15) is 33.3 Å². The van der Waals surface area contributed by atoms with Gasteiger partial charge in [0.15, 0.2) is 5.82 Å². The Bertz CT molecular complexity index is 1560. The van der Waals surface area contributed by atoms with Crippen molar-refractivity contribution in [3.05, 3.63) is 48.5 Å². The normalized spacial score (nSPS) is 16.7. The zero-order valence-electron chi connectivity index (χ0n) is 23.7. The van der Waals surface area contributed by atoms with E-state index in [1.165, 1.54) is 12.4 Å². The number of aryl methyl sites for hydroxylation is 1. The lowest BCUT2D eigenvalue weighted by Crippen LogP contribution is -2.40. The zero-order valence-corrected chi connectivity index (χ0v) is 23.7.